The smallest absolute Gasteiger partial charge is 0.00443 e. The molecule has 0 amide bonds. The Balaban J connectivity index is 3.20. The molecule has 0 N–H and O–H groups in total. The van der Waals surface area contributed by atoms with Gasteiger partial charge in [0.2, 0.25) is 0 Å². The normalized spacial score (nSPS) is 13.4. The highest BCUT2D eigenvalue weighted by atomic mass is 32.2. The lowest BCUT2D eigenvalue weighted by atomic mass is 10.1. The first-order valence-corrected chi connectivity index (χ1v) is 6.01. The first kappa shape index (κ1) is 11.4. The predicted octanol–water partition coefficient (Wildman–Crippen LogP) is 4.10. The van der Waals surface area contributed by atoms with Gasteiger partial charge in [-0.05, 0) is 18.6 Å². The topological polar surface area (TPSA) is 0 Å². The average Bonchev–Trinajstić information content (AvgIpc) is 2.03. The lowest BCUT2D eigenvalue weighted by Crippen LogP contribution is -2.00. The Hall–Kier alpha value is 0.350. The van der Waals surface area contributed by atoms with Crippen LogP contribution in [0.1, 0.15) is 52.9 Å². The van der Waals surface area contributed by atoms with Crippen LogP contribution < -0.4 is 0 Å². The monoisotopic (exact) mass is 174 g/mol. The Morgan fingerprint density at radius 2 is 1.82 bits per heavy atom. The number of unbranched alkanes of at least 4 members (excludes halogenated alkanes) is 2. The minimum Gasteiger partial charge on any atom is -0.159 e. The molecule has 0 rings (SSSR count). The van der Waals surface area contributed by atoms with Crippen LogP contribution in [0, 0.1) is 0 Å². The molecule has 0 aliphatic carbocycles. The highest BCUT2D eigenvalue weighted by Crippen LogP contribution is 2.20. The highest BCUT2D eigenvalue weighted by molar-refractivity contribution is 7.99. The second-order valence-electron chi connectivity index (χ2n) is 2.98. The van der Waals surface area contributed by atoms with Gasteiger partial charge in [-0.1, -0.05) is 40.0 Å². The van der Waals surface area contributed by atoms with E-state index in [4.69, 9.17) is 0 Å². The van der Waals surface area contributed by atoms with E-state index in [2.05, 4.69) is 32.5 Å². The molecule has 0 aliphatic heterocycles. The van der Waals surface area contributed by atoms with E-state index in [9.17, 15) is 0 Å². The maximum atomic E-state index is 2.30. The molecular weight excluding hydrogens is 152 g/mol. The molecule has 0 aromatic rings. The fourth-order valence-corrected chi connectivity index (χ4v) is 2.30. The van der Waals surface area contributed by atoms with Gasteiger partial charge in [-0.2, -0.15) is 11.8 Å². The molecule has 1 unspecified atom stereocenters. The second kappa shape index (κ2) is 8.45. The predicted molar refractivity (Wildman–Crippen MR) is 56.4 cm³/mol. The lowest BCUT2D eigenvalue weighted by Gasteiger charge is -2.12. The van der Waals surface area contributed by atoms with Gasteiger partial charge in [0, 0.05) is 5.25 Å². The van der Waals surface area contributed by atoms with Crippen molar-refractivity contribution in [2.45, 2.75) is 58.1 Å². The summed E-state index contributed by atoms with van der Waals surface area (Å²) in [7, 11) is 0. The third-order valence-electron chi connectivity index (χ3n) is 1.99. The molecule has 1 heteroatoms. The van der Waals surface area contributed by atoms with Crippen molar-refractivity contribution in [3.8, 4) is 0 Å². The van der Waals surface area contributed by atoms with Crippen LogP contribution in [-0.2, 0) is 0 Å². The molecule has 0 saturated heterocycles. The van der Waals surface area contributed by atoms with E-state index in [0.717, 1.165) is 5.25 Å². The third-order valence-corrected chi connectivity index (χ3v) is 3.36. The first-order valence-electron chi connectivity index (χ1n) is 4.96. The van der Waals surface area contributed by atoms with E-state index in [1.165, 1.54) is 37.9 Å². The summed E-state index contributed by atoms with van der Waals surface area (Å²) >= 11 is 2.13. The minimum atomic E-state index is 0.937. The molecule has 0 bridgehead atoms. The summed E-state index contributed by atoms with van der Waals surface area (Å²) in [4.78, 5) is 0. The number of hydrogen-bond acceptors (Lipinski definition) is 1. The molecule has 0 aliphatic rings. The van der Waals surface area contributed by atoms with Crippen molar-refractivity contribution in [3.05, 3.63) is 0 Å². The van der Waals surface area contributed by atoms with Gasteiger partial charge in [-0.3, -0.25) is 0 Å². The zero-order chi connectivity index (χ0) is 8.53. The third kappa shape index (κ3) is 6.74. The van der Waals surface area contributed by atoms with Crippen molar-refractivity contribution in [1.29, 1.82) is 0 Å². The van der Waals surface area contributed by atoms with Crippen molar-refractivity contribution in [3.63, 3.8) is 0 Å². The van der Waals surface area contributed by atoms with Crippen molar-refractivity contribution in [2.24, 2.45) is 0 Å². The molecule has 0 spiro atoms. The summed E-state index contributed by atoms with van der Waals surface area (Å²) in [5.41, 5.74) is 0. The molecule has 0 heterocycles. The second-order valence-corrected chi connectivity index (χ2v) is 4.56. The van der Waals surface area contributed by atoms with Crippen LogP contribution in [0.5, 0.6) is 0 Å². The minimum absolute atomic E-state index is 0.937. The van der Waals surface area contributed by atoms with Gasteiger partial charge in [0.1, 0.15) is 0 Å². The van der Waals surface area contributed by atoms with Gasteiger partial charge in [-0.15, -0.1) is 0 Å². The molecule has 11 heavy (non-hydrogen) atoms. The summed E-state index contributed by atoms with van der Waals surface area (Å²) in [5, 5.41) is 0.937. The fourth-order valence-electron chi connectivity index (χ4n) is 1.26. The fraction of sp³-hybridized carbons (Fsp3) is 1.00. The number of thioether (sulfide) groups is 1. The molecule has 0 aromatic carbocycles. The molecule has 0 nitrogen and oxygen atoms in total. The largest absolute Gasteiger partial charge is 0.159 e. The maximum Gasteiger partial charge on any atom is 0.00443 e. The summed E-state index contributed by atoms with van der Waals surface area (Å²) < 4.78 is 0. The van der Waals surface area contributed by atoms with Crippen molar-refractivity contribution < 1.29 is 0 Å². The van der Waals surface area contributed by atoms with Crippen LogP contribution in [0.25, 0.3) is 0 Å². The Morgan fingerprint density at radius 3 is 2.27 bits per heavy atom. The van der Waals surface area contributed by atoms with E-state index < -0.39 is 0 Å². The van der Waals surface area contributed by atoms with Crippen LogP contribution >= 0.6 is 11.8 Å². The Bertz CT molecular complexity index is 71.3. The van der Waals surface area contributed by atoms with Gasteiger partial charge in [0.25, 0.3) is 0 Å². The lowest BCUT2D eigenvalue weighted by molar-refractivity contribution is 0.636. The summed E-state index contributed by atoms with van der Waals surface area (Å²) in [6.45, 7) is 6.83. The van der Waals surface area contributed by atoms with Crippen LogP contribution in [-0.4, -0.2) is 11.0 Å². The Morgan fingerprint density at radius 1 is 1.09 bits per heavy atom. The molecule has 1 atom stereocenters. The zero-order valence-electron chi connectivity index (χ0n) is 8.23. The zero-order valence-corrected chi connectivity index (χ0v) is 9.04. The van der Waals surface area contributed by atoms with E-state index in [1.54, 1.807) is 0 Å². The number of hydrogen-bond donors (Lipinski definition) is 0. The SMILES string of the molecule is CCCCCC(CC)SCC. The van der Waals surface area contributed by atoms with Crippen molar-refractivity contribution in [2.75, 3.05) is 5.75 Å². The van der Waals surface area contributed by atoms with Crippen LogP contribution in [0.4, 0.5) is 0 Å². The van der Waals surface area contributed by atoms with E-state index in [0.29, 0.717) is 0 Å². The molecule has 0 aromatic heterocycles. The quantitative estimate of drug-likeness (QED) is 0.524. The molecule has 0 saturated carbocycles. The Kier molecular flexibility index (Phi) is 8.72. The van der Waals surface area contributed by atoms with Gasteiger partial charge in [0.05, 0.1) is 0 Å². The number of rotatable bonds is 7. The van der Waals surface area contributed by atoms with Crippen LogP contribution in [0.15, 0.2) is 0 Å². The first-order chi connectivity index (χ1) is 5.35. The molecule has 68 valence electrons. The Labute approximate surface area is 76.1 Å². The van der Waals surface area contributed by atoms with Gasteiger partial charge in [0.15, 0.2) is 0 Å². The average molecular weight is 174 g/mol. The van der Waals surface area contributed by atoms with E-state index >= 15 is 0 Å². The van der Waals surface area contributed by atoms with Crippen molar-refractivity contribution >= 4 is 11.8 Å². The highest BCUT2D eigenvalue weighted by Gasteiger charge is 2.03. The van der Waals surface area contributed by atoms with E-state index in [-0.39, 0.29) is 0 Å². The van der Waals surface area contributed by atoms with Crippen LogP contribution in [0.3, 0.4) is 0 Å². The summed E-state index contributed by atoms with van der Waals surface area (Å²) in [6, 6.07) is 0. The van der Waals surface area contributed by atoms with Gasteiger partial charge < -0.3 is 0 Å². The van der Waals surface area contributed by atoms with Gasteiger partial charge in [-0.25, -0.2) is 0 Å². The van der Waals surface area contributed by atoms with Crippen LogP contribution in [0.2, 0.25) is 0 Å². The summed E-state index contributed by atoms with van der Waals surface area (Å²) in [5.74, 6) is 1.28. The standard InChI is InChI=1S/C10H22S/c1-4-7-8-9-10(5-2)11-6-3/h10H,4-9H2,1-3H3. The molecule has 0 fully saturated rings. The molecular formula is C10H22S. The van der Waals surface area contributed by atoms with E-state index in [1.807, 2.05) is 0 Å². The molecule has 0 radical (unpaired) electrons. The maximum absolute atomic E-state index is 2.30. The van der Waals surface area contributed by atoms with Gasteiger partial charge >= 0.3 is 0 Å². The van der Waals surface area contributed by atoms with Crippen molar-refractivity contribution in [1.82, 2.24) is 0 Å². The summed E-state index contributed by atoms with van der Waals surface area (Å²) in [6.07, 6.45) is 6.99.